The summed E-state index contributed by atoms with van der Waals surface area (Å²) in [5.41, 5.74) is 1.52. The van der Waals surface area contributed by atoms with E-state index >= 15 is 0 Å². The molecule has 0 radical (unpaired) electrons. The number of benzene rings is 2. The smallest absolute Gasteiger partial charge is 0.328 e. The van der Waals surface area contributed by atoms with Crippen LogP contribution in [0.3, 0.4) is 0 Å². The average molecular weight is 366 g/mol. The summed E-state index contributed by atoms with van der Waals surface area (Å²) in [6.07, 6.45) is 0. The van der Waals surface area contributed by atoms with Gasteiger partial charge < -0.3 is 10.1 Å². The Morgan fingerprint density at radius 3 is 1.71 bits per heavy atom. The number of hydrogen-bond donors (Lipinski definition) is 1. The molecule has 0 aromatic heterocycles. The first-order valence-corrected chi connectivity index (χ1v) is 8.07. The number of ether oxygens (including phenoxy) is 1. The SMILES string of the molecule is COC(=O)[C@@H](C)NC(=O)C(c1ccc(Cl)cc1)c1ccc(Cl)cc1. The number of amides is 1. The number of nitrogens with one attached hydrogen (secondary N) is 1. The van der Waals surface area contributed by atoms with E-state index in [9.17, 15) is 9.59 Å². The van der Waals surface area contributed by atoms with Crippen LogP contribution in [0.4, 0.5) is 0 Å². The fraction of sp³-hybridized carbons (Fsp3) is 0.222. The number of hydrogen-bond acceptors (Lipinski definition) is 3. The molecule has 126 valence electrons. The van der Waals surface area contributed by atoms with Gasteiger partial charge in [0.15, 0.2) is 0 Å². The molecule has 0 unspecified atom stereocenters. The average Bonchev–Trinajstić information content (AvgIpc) is 2.57. The van der Waals surface area contributed by atoms with Gasteiger partial charge in [-0.1, -0.05) is 47.5 Å². The Morgan fingerprint density at radius 1 is 0.917 bits per heavy atom. The Morgan fingerprint density at radius 2 is 1.33 bits per heavy atom. The molecule has 0 aliphatic rings. The van der Waals surface area contributed by atoms with Crippen LogP contribution < -0.4 is 5.32 Å². The lowest BCUT2D eigenvalue weighted by Crippen LogP contribution is -2.41. The second-order valence-corrected chi connectivity index (χ2v) is 6.16. The highest BCUT2D eigenvalue weighted by atomic mass is 35.5. The van der Waals surface area contributed by atoms with Gasteiger partial charge in [-0.2, -0.15) is 0 Å². The molecule has 24 heavy (non-hydrogen) atoms. The van der Waals surface area contributed by atoms with Gasteiger partial charge in [-0.25, -0.2) is 4.79 Å². The molecule has 0 saturated heterocycles. The molecule has 0 saturated carbocycles. The number of carbonyl (C=O) groups excluding carboxylic acids is 2. The molecule has 0 spiro atoms. The summed E-state index contributed by atoms with van der Waals surface area (Å²) in [5, 5.41) is 3.84. The maximum absolute atomic E-state index is 12.8. The van der Waals surface area contributed by atoms with Gasteiger partial charge in [-0.15, -0.1) is 0 Å². The lowest BCUT2D eigenvalue weighted by Gasteiger charge is -2.20. The van der Waals surface area contributed by atoms with Crippen LogP contribution in [0.1, 0.15) is 24.0 Å². The summed E-state index contributed by atoms with van der Waals surface area (Å²) in [4.78, 5) is 24.3. The normalized spacial score (nSPS) is 11.9. The summed E-state index contributed by atoms with van der Waals surface area (Å²) in [6.45, 7) is 1.57. The van der Waals surface area contributed by atoms with Crippen LogP contribution in [0.25, 0.3) is 0 Å². The first-order valence-electron chi connectivity index (χ1n) is 7.31. The van der Waals surface area contributed by atoms with E-state index in [0.29, 0.717) is 10.0 Å². The number of halogens is 2. The van der Waals surface area contributed by atoms with Gasteiger partial charge in [-0.3, -0.25) is 4.79 Å². The van der Waals surface area contributed by atoms with Crippen LogP contribution in [0.5, 0.6) is 0 Å². The Kier molecular flexibility index (Phi) is 6.23. The van der Waals surface area contributed by atoms with Gasteiger partial charge in [0.1, 0.15) is 6.04 Å². The minimum absolute atomic E-state index is 0.308. The molecule has 0 fully saturated rings. The molecule has 1 atom stereocenters. The first-order chi connectivity index (χ1) is 11.4. The van der Waals surface area contributed by atoms with Crippen molar-refractivity contribution in [1.82, 2.24) is 5.32 Å². The molecule has 6 heteroatoms. The number of methoxy groups -OCH3 is 1. The zero-order valence-electron chi connectivity index (χ0n) is 13.3. The fourth-order valence-corrected chi connectivity index (χ4v) is 2.59. The lowest BCUT2D eigenvalue weighted by atomic mass is 9.90. The van der Waals surface area contributed by atoms with Crippen LogP contribution in [0.15, 0.2) is 48.5 Å². The summed E-state index contributed by atoms with van der Waals surface area (Å²) in [5.74, 6) is -1.40. The molecular formula is C18H17Cl2NO3. The van der Waals surface area contributed by atoms with Crippen molar-refractivity contribution < 1.29 is 14.3 Å². The van der Waals surface area contributed by atoms with E-state index in [1.54, 1.807) is 55.5 Å². The van der Waals surface area contributed by atoms with Crippen LogP contribution in [-0.4, -0.2) is 25.0 Å². The molecule has 2 aromatic rings. The van der Waals surface area contributed by atoms with E-state index in [4.69, 9.17) is 23.2 Å². The molecule has 2 aromatic carbocycles. The van der Waals surface area contributed by atoms with Crippen LogP contribution in [-0.2, 0) is 14.3 Å². The van der Waals surface area contributed by atoms with Gasteiger partial charge in [-0.05, 0) is 42.3 Å². The van der Waals surface area contributed by atoms with Crippen molar-refractivity contribution in [3.05, 3.63) is 69.7 Å². The summed E-state index contributed by atoms with van der Waals surface area (Å²) in [6, 6.07) is 13.3. The van der Waals surface area contributed by atoms with Crippen LogP contribution in [0.2, 0.25) is 10.0 Å². The third-order valence-electron chi connectivity index (χ3n) is 3.58. The second kappa shape index (κ2) is 8.18. The molecular weight excluding hydrogens is 349 g/mol. The van der Waals surface area contributed by atoms with Gasteiger partial charge in [0.2, 0.25) is 5.91 Å². The van der Waals surface area contributed by atoms with Gasteiger partial charge in [0.05, 0.1) is 13.0 Å². The molecule has 0 aliphatic carbocycles. The lowest BCUT2D eigenvalue weighted by molar-refractivity contribution is -0.144. The molecule has 0 heterocycles. The van der Waals surface area contributed by atoms with E-state index in [2.05, 4.69) is 10.1 Å². The topological polar surface area (TPSA) is 55.4 Å². The first kappa shape index (κ1) is 18.3. The van der Waals surface area contributed by atoms with Crippen molar-refractivity contribution in [2.45, 2.75) is 18.9 Å². The fourth-order valence-electron chi connectivity index (χ4n) is 2.34. The van der Waals surface area contributed by atoms with E-state index in [0.717, 1.165) is 11.1 Å². The standard InChI is InChI=1S/C18H17Cl2NO3/c1-11(18(23)24-2)21-17(22)16(12-3-7-14(19)8-4-12)13-5-9-15(20)10-6-13/h3-11,16H,1-2H3,(H,21,22)/t11-/m1/s1. The molecule has 4 nitrogen and oxygen atoms in total. The summed E-state index contributed by atoms with van der Waals surface area (Å²) in [7, 11) is 1.28. The zero-order chi connectivity index (χ0) is 17.7. The Bertz CT molecular complexity index is 669. The zero-order valence-corrected chi connectivity index (χ0v) is 14.8. The highest BCUT2D eigenvalue weighted by Gasteiger charge is 2.26. The molecule has 0 aliphatic heterocycles. The Labute approximate surface area is 150 Å². The predicted octanol–water partition coefficient (Wildman–Crippen LogP) is 3.80. The third kappa shape index (κ3) is 4.49. The molecule has 1 amide bonds. The molecule has 1 N–H and O–H groups in total. The van der Waals surface area contributed by atoms with Crippen molar-refractivity contribution in [1.29, 1.82) is 0 Å². The van der Waals surface area contributed by atoms with Gasteiger partial charge >= 0.3 is 5.97 Å². The highest BCUT2D eigenvalue weighted by molar-refractivity contribution is 6.30. The highest BCUT2D eigenvalue weighted by Crippen LogP contribution is 2.27. The summed E-state index contributed by atoms with van der Waals surface area (Å²) >= 11 is 11.9. The summed E-state index contributed by atoms with van der Waals surface area (Å²) < 4.78 is 4.65. The van der Waals surface area contributed by atoms with E-state index in [-0.39, 0.29) is 5.91 Å². The van der Waals surface area contributed by atoms with E-state index in [1.165, 1.54) is 7.11 Å². The van der Waals surface area contributed by atoms with E-state index < -0.39 is 17.9 Å². The van der Waals surface area contributed by atoms with Crippen molar-refractivity contribution in [3.8, 4) is 0 Å². The van der Waals surface area contributed by atoms with Gasteiger partial charge in [0, 0.05) is 10.0 Å². The monoisotopic (exact) mass is 365 g/mol. The predicted molar refractivity (Wildman–Crippen MR) is 94.4 cm³/mol. The van der Waals surface area contributed by atoms with Crippen molar-refractivity contribution >= 4 is 35.1 Å². The second-order valence-electron chi connectivity index (χ2n) is 5.29. The van der Waals surface area contributed by atoms with Crippen LogP contribution in [0, 0.1) is 0 Å². The quantitative estimate of drug-likeness (QED) is 0.819. The van der Waals surface area contributed by atoms with Crippen LogP contribution >= 0.6 is 23.2 Å². The largest absolute Gasteiger partial charge is 0.467 e. The number of carbonyl (C=O) groups is 2. The number of rotatable bonds is 5. The van der Waals surface area contributed by atoms with Crippen molar-refractivity contribution in [2.24, 2.45) is 0 Å². The minimum atomic E-state index is -0.746. The maximum atomic E-state index is 12.8. The molecule has 0 bridgehead atoms. The van der Waals surface area contributed by atoms with Crippen molar-refractivity contribution in [3.63, 3.8) is 0 Å². The molecule has 2 rings (SSSR count). The third-order valence-corrected chi connectivity index (χ3v) is 4.09. The minimum Gasteiger partial charge on any atom is -0.467 e. The van der Waals surface area contributed by atoms with Crippen molar-refractivity contribution in [2.75, 3.05) is 7.11 Å². The Balaban J connectivity index is 2.35. The number of esters is 1. The maximum Gasteiger partial charge on any atom is 0.328 e. The van der Waals surface area contributed by atoms with Gasteiger partial charge in [0.25, 0.3) is 0 Å². The van der Waals surface area contributed by atoms with E-state index in [1.807, 2.05) is 0 Å². The Hall–Kier alpha value is -2.04.